The maximum Gasteiger partial charge on any atom is 0.143 e. The maximum absolute atomic E-state index is 10.7. The molecule has 0 aromatic heterocycles. The van der Waals surface area contributed by atoms with Gasteiger partial charge in [-0.3, -0.25) is 9.69 Å². The second-order valence-corrected chi connectivity index (χ2v) is 3.28. The van der Waals surface area contributed by atoms with Crippen LogP contribution in [0.2, 0.25) is 0 Å². The smallest absolute Gasteiger partial charge is 0.143 e. The van der Waals surface area contributed by atoms with Gasteiger partial charge in [-0.15, -0.1) is 0 Å². The van der Waals surface area contributed by atoms with E-state index in [0.717, 1.165) is 26.2 Å². The number of hydrogen-bond donors (Lipinski definition) is 0. The molecule has 3 heteroatoms. The van der Waals surface area contributed by atoms with Gasteiger partial charge in [-0.1, -0.05) is 0 Å². The van der Waals surface area contributed by atoms with E-state index < -0.39 is 0 Å². The molecule has 0 saturated carbocycles. The number of hydrogen-bond acceptors (Lipinski definition) is 3. The summed E-state index contributed by atoms with van der Waals surface area (Å²) in [6, 6.07) is 0. The molecule has 0 amide bonds. The Bertz CT molecular complexity index is 139. The average molecular weight is 159 g/mol. The number of piperazine rings is 1. The lowest BCUT2D eigenvalue weighted by Crippen LogP contribution is -2.45. The van der Waals surface area contributed by atoms with Crippen LogP contribution in [0.4, 0.5) is 0 Å². The average Bonchev–Trinajstić information content (AvgIpc) is 1.93. The van der Waals surface area contributed by atoms with Crippen LogP contribution in [0.1, 0.15) is 6.92 Å². The molecule has 0 aromatic carbocycles. The Labute approximate surface area is 68.0 Å². The molecule has 11 heavy (non-hydrogen) atoms. The van der Waals surface area contributed by atoms with E-state index in [1.54, 1.807) is 6.92 Å². The quantitative estimate of drug-likeness (QED) is 0.412. The van der Waals surface area contributed by atoms with Gasteiger partial charge >= 0.3 is 0 Å². The highest BCUT2D eigenvalue weighted by atomic mass is 18.1. The van der Waals surface area contributed by atoms with Crippen molar-refractivity contribution in [2.45, 2.75) is 6.92 Å². The summed E-state index contributed by atoms with van der Waals surface area (Å²) >= 11 is 0. The first-order valence-electron chi connectivity index (χ1n) is 4.09. The highest BCUT2D eigenvalue weighted by Gasteiger charge is 2.13. The first-order valence-corrected chi connectivity index (χ1v) is 4.09. The van der Waals surface area contributed by atoms with E-state index in [2.05, 4.69) is 16.8 Å². The van der Waals surface area contributed by atoms with Crippen molar-refractivity contribution in [2.75, 3.05) is 39.8 Å². The van der Waals surface area contributed by atoms with Crippen LogP contribution in [0.15, 0.2) is 0 Å². The van der Waals surface area contributed by atoms with E-state index in [0.29, 0.717) is 6.54 Å². The Hall–Kier alpha value is -0.410. The van der Waals surface area contributed by atoms with Crippen molar-refractivity contribution >= 4 is 5.78 Å². The van der Waals surface area contributed by atoms with E-state index >= 15 is 0 Å². The molecular formula is C8H16N2O. The number of likely N-dealkylation sites (N-methyl/N-ethyl adjacent to an activating group) is 1. The van der Waals surface area contributed by atoms with Gasteiger partial charge in [-0.25, -0.2) is 0 Å². The second-order valence-electron chi connectivity index (χ2n) is 3.28. The van der Waals surface area contributed by atoms with Crippen LogP contribution in [0.25, 0.3) is 0 Å². The minimum absolute atomic E-state index is 0.273. The highest BCUT2D eigenvalue weighted by molar-refractivity contribution is 5.77. The lowest BCUT2D eigenvalue weighted by molar-refractivity contribution is -0.118. The van der Waals surface area contributed by atoms with Gasteiger partial charge in [0.2, 0.25) is 0 Å². The van der Waals surface area contributed by atoms with Gasteiger partial charge in [0.15, 0.2) is 0 Å². The van der Waals surface area contributed by atoms with Gasteiger partial charge in [-0.2, -0.15) is 0 Å². The van der Waals surface area contributed by atoms with E-state index in [1.165, 1.54) is 0 Å². The van der Waals surface area contributed by atoms with Crippen molar-refractivity contribution in [1.29, 1.82) is 0 Å². The molecule has 0 spiro atoms. The summed E-state index contributed by atoms with van der Waals surface area (Å²) in [5, 5.41) is 0. The van der Waals surface area contributed by atoms with Crippen LogP contribution in [0.5, 0.6) is 0 Å². The number of carbonyl (C=O) groups excluding carboxylic acids is 1. The third-order valence-electron chi connectivity index (χ3n) is 2.04. The van der Waals surface area contributed by atoms with Crippen molar-refractivity contribution in [1.82, 2.24) is 9.80 Å². The van der Waals surface area contributed by atoms with Crippen molar-refractivity contribution in [3.63, 3.8) is 0 Å². The highest BCUT2D eigenvalue weighted by Crippen LogP contribution is 1.97. The van der Waals surface area contributed by atoms with Gasteiger partial charge < -0.3 is 4.90 Å². The first kappa shape index (κ1) is 8.68. The van der Waals surface area contributed by atoms with Gasteiger partial charge in [-0.05, 0) is 14.0 Å². The Morgan fingerprint density at radius 1 is 1.27 bits per heavy atom. The summed E-state index contributed by atoms with van der Waals surface area (Å²) in [4.78, 5) is 15.2. The Morgan fingerprint density at radius 3 is 2.27 bits per heavy atom. The first-order chi connectivity index (χ1) is 5.18. The summed E-state index contributed by atoms with van der Waals surface area (Å²) in [6.07, 6.45) is 0. The molecule has 1 aliphatic heterocycles. The molecule has 1 saturated heterocycles. The predicted octanol–water partition coefficient (Wildman–Crippen LogP) is -0.177. The molecule has 0 atom stereocenters. The number of nitrogens with zero attached hydrogens (tertiary/aromatic N) is 2. The van der Waals surface area contributed by atoms with Crippen LogP contribution >= 0.6 is 0 Å². The van der Waals surface area contributed by atoms with Gasteiger partial charge in [0.05, 0.1) is 6.54 Å². The zero-order chi connectivity index (χ0) is 8.27. The monoisotopic (exact) mass is 159 g/mol. The summed E-state index contributed by atoms with van der Waals surface area (Å²) in [7, 11) is 2.12. The fourth-order valence-corrected chi connectivity index (χ4v) is 1.32. The lowest BCUT2D eigenvalue weighted by atomic mass is 10.4. The van der Waals surface area contributed by atoms with E-state index in [-0.39, 0.29) is 5.78 Å². The summed E-state index contributed by atoms with van der Waals surface area (Å²) in [6.45, 7) is 6.54. The number of carbonyl (C=O) groups is 1. The van der Waals surface area contributed by atoms with Crippen molar-refractivity contribution in [3.8, 4) is 0 Å². The number of rotatable bonds is 2. The van der Waals surface area contributed by atoms with Crippen LogP contribution in [0.3, 0.4) is 0 Å². The molecule has 1 fully saturated rings. The third kappa shape index (κ3) is 2.99. The predicted molar refractivity (Wildman–Crippen MR) is 44.6 cm³/mol. The van der Waals surface area contributed by atoms with Crippen LogP contribution < -0.4 is 0 Å². The minimum Gasteiger partial charge on any atom is -0.304 e. The zero-order valence-corrected chi connectivity index (χ0v) is 7.34. The number of Topliss-reactive ketones (excluding diaryl/α,β-unsaturated/α-hetero) is 1. The van der Waals surface area contributed by atoms with Gasteiger partial charge in [0, 0.05) is 26.2 Å². The van der Waals surface area contributed by atoms with Crippen LogP contribution in [0, 0.1) is 0 Å². The Morgan fingerprint density at radius 2 is 1.82 bits per heavy atom. The van der Waals surface area contributed by atoms with Crippen LogP contribution in [-0.4, -0.2) is 55.4 Å². The molecule has 0 N–H and O–H groups in total. The molecule has 0 bridgehead atoms. The molecule has 0 unspecified atom stereocenters. The topological polar surface area (TPSA) is 23.6 Å². The van der Waals surface area contributed by atoms with E-state index in [9.17, 15) is 4.79 Å². The largest absolute Gasteiger partial charge is 0.304 e. The van der Waals surface area contributed by atoms with E-state index in [1.807, 2.05) is 0 Å². The molecule has 0 radical (unpaired) electrons. The molecule has 1 aliphatic rings. The van der Waals surface area contributed by atoms with Crippen molar-refractivity contribution in [3.05, 3.63) is 0 Å². The SMILES string of the molecule is CC(=[18O])[13CH2]N1CCN(C)CC1. The molecule has 3 nitrogen and oxygen atoms in total. The molecule has 0 aliphatic carbocycles. The standard InChI is InChI=1S/C8H16N2O/c1-8(11)7-10-5-3-9(2)4-6-10/h3-7H2,1-2H3/i7+1,11+2. The summed E-state index contributed by atoms with van der Waals surface area (Å²) < 4.78 is 0. The summed E-state index contributed by atoms with van der Waals surface area (Å²) in [5.41, 5.74) is 0. The molecule has 64 valence electrons. The Balaban J connectivity index is 2.22. The van der Waals surface area contributed by atoms with Gasteiger partial charge in [0.1, 0.15) is 5.78 Å². The van der Waals surface area contributed by atoms with Crippen molar-refractivity contribution < 1.29 is 4.79 Å². The van der Waals surface area contributed by atoms with Gasteiger partial charge in [0.25, 0.3) is 0 Å². The normalized spacial score (nSPS) is 22.0. The number of ketones is 1. The van der Waals surface area contributed by atoms with Crippen molar-refractivity contribution in [2.24, 2.45) is 0 Å². The third-order valence-corrected chi connectivity index (χ3v) is 2.04. The zero-order valence-electron chi connectivity index (χ0n) is 7.34. The fourth-order valence-electron chi connectivity index (χ4n) is 1.32. The Kier molecular flexibility index (Phi) is 3.02. The minimum atomic E-state index is 0.273. The summed E-state index contributed by atoms with van der Waals surface area (Å²) in [5.74, 6) is 0.273. The second kappa shape index (κ2) is 3.83. The van der Waals surface area contributed by atoms with E-state index in [4.69, 9.17) is 0 Å². The lowest BCUT2D eigenvalue weighted by Gasteiger charge is -2.31. The molecule has 1 rings (SSSR count). The maximum atomic E-state index is 10.7. The molecule has 0 aromatic rings. The molecule has 1 heterocycles. The fraction of sp³-hybridized carbons (Fsp3) is 0.875. The van der Waals surface area contributed by atoms with Crippen LogP contribution in [-0.2, 0) is 4.79 Å². The molecular weight excluding hydrogens is 143 g/mol.